The number of piperazine rings is 1. The van der Waals surface area contributed by atoms with Gasteiger partial charge < -0.3 is 16.0 Å². The maximum Gasteiger partial charge on any atom is 0.243 e. The van der Waals surface area contributed by atoms with Gasteiger partial charge in [-0.05, 0) is 24.7 Å². The molecular weight excluding hydrogens is 278 g/mol. The topological polar surface area (TPSA) is 75.4 Å². The van der Waals surface area contributed by atoms with E-state index >= 15 is 0 Å². The Morgan fingerprint density at radius 2 is 2.15 bits per heavy atom. The summed E-state index contributed by atoms with van der Waals surface area (Å²) in [5.41, 5.74) is 6.03. The van der Waals surface area contributed by atoms with E-state index in [1.807, 2.05) is 13.8 Å². The number of carbonyl (C=O) groups excluding carboxylic acids is 2. The van der Waals surface area contributed by atoms with Gasteiger partial charge in [0.2, 0.25) is 11.8 Å². The maximum atomic E-state index is 12.5. The number of rotatable bonds is 3. The second kappa shape index (κ2) is 7.27. The first-order valence-corrected chi connectivity index (χ1v) is 7.33. The summed E-state index contributed by atoms with van der Waals surface area (Å²) in [5.74, 6) is 0.507. The third kappa shape index (κ3) is 3.64. The Labute approximate surface area is 127 Å². The Hall–Kier alpha value is -0.810. The standard InChI is InChI=1S/C14H25N3O2.ClH/c1-9(2)13-14(19)16-6-7-17(13)12(18)8-10-4-3-5-11(10)15;/h9-11,13H,3-8,15H2,1-2H3,(H,16,19);1H/t10-,11+,13?;/m0./s1. The minimum atomic E-state index is -0.320. The van der Waals surface area contributed by atoms with E-state index in [-0.39, 0.29) is 42.2 Å². The Bertz CT molecular complexity index is 362. The van der Waals surface area contributed by atoms with Crippen LogP contribution in [0.1, 0.15) is 39.5 Å². The lowest BCUT2D eigenvalue weighted by molar-refractivity contribution is -0.145. The minimum absolute atomic E-state index is 0. The average Bonchev–Trinajstić information content (AvgIpc) is 2.74. The van der Waals surface area contributed by atoms with Crippen molar-refractivity contribution in [3.05, 3.63) is 0 Å². The largest absolute Gasteiger partial charge is 0.353 e. The summed E-state index contributed by atoms with van der Waals surface area (Å²) < 4.78 is 0. The van der Waals surface area contributed by atoms with Crippen molar-refractivity contribution in [2.24, 2.45) is 17.6 Å². The van der Waals surface area contributed by atoms with E-state index in [4.69, 9.17) is 5.73 Å². The van der Waals surface area contributed by atoms with Crippen molar-refractivity contribution in [1.29, 1.82) is 0 Å². The Kier molecular flexibility index (Phi) is 6.27. The monoisotopic (exact) mass is 303 g/mol. The molecule has 0 aromatic rings. The molecule has 116 valence electrons. The summed E-state index contributed by atoms with van der Waals surface area (Å²) >= 11 is 0. The Morgan fingerprint density at radius 3 is 2.70 bits per heavy atom. The molecule has 6 heteroatoms. The number of nitrogens with zero attached hydrogens (tertiary/aromatic N) is 1. The fourth-order valence-electron chi connectivity index (χ4n) is 3.29. The molecule has 1 heterocycles. The maximum absolute atomic E-state index is 12.5. The zero-order valence-electron chi connectivity index (χ0n) is 12.3. The summed E-state index contributed by atoms with van der Waals surface area (Å²) in [6, 6.07) is -0.168. The zero-order chi connectivity index (χ0) is 14.0. The number of halogens is 1. The van der Waals surface area contributed by atoms with Crippen LogP contribution in [-0.4, -0.2) is 41.9 Å². The van der Waals surface area contributed by atoms with Crippen LogP contribution < -0.4 is 11.1 Å². The van der Waals surface area contributed by atoms with E-state index in [9.17, 15) is 9.59 Å². The van der Waals surface area contributed by atoms with Gasteiger partial charge in [0.05, 0.1) is 0 Å². The molecule has 0 bridgehead atoms. The molecule has 0 radical (unpaired) electrons. The van der Waals surface area contributed by atoms with Crippen LogP contribution in [0.3, 0.4) is 0 Å². The van der Waals surface area contributed by atoms with Crippen LogP contribution in [0.25, 0.3) is 0 Å². The molecule has 1 saturated heterocycles. The first-order chi connectivity index (χ1) is 9.00. The van der Waals surface area contributed by atoms with Crippen LogP contribution in [0, 0.1) is 11.8 Å². The molecule has 1 saturated carbocycles. The van der Waals surface area contributed by atoms with E-state index in [0.29, 0.717) is 25.4 Å². The highest BCUT2D eigenvalue weighted by atomic mass is 35.5. The fraction of sp³-hybridized carbons (Fsp3) is 0.857. The van der Waals surface area contributed by atoms with Gasteiger partial charge in [0, 0.05) is 25.6 Å². The number of hydrogen-bond acceptors (Lipinski definition) is 3. The highest BCUT2D eigenvalue weighted by Crippen LogP contribution is 2.28. The molecule has 3 N–H and O–H groups in total. The zero-order valence-corrected chi connectivity index (χ0v) is 13.1. The number of nitrogens with one attached hydrogen (secondary N) is 1. The SMILES string of the molecule is CC(C)C1C(=O)NCCN1C(=O)C[C@@H]1CCC[C@H]1N.Cl. The summed E-state index contributed by atoms with van der Waals surface area (Å²) in [7, 11) is 0. The van der Waals surface area contributed by atoms with Gasteiger partial charge in [-0.25, -0.2) is 0 Å². The molecule has 2 aliphatic rings. The van der Waals surface area contributed by atoms with Gasteiger partial charge >= 0.3 is 0 Å². The third-order valence-corrected chi connectivity index (χ3v) is 4.36. The van der Waals surface area contributed by atoms with Crippen LogP contribution in [0.15, 0.2) is 0 Å². The lowest BCUT2D eigenvalue weighted by Crippen LogP contribution is -2.59. The van der Waals surface area contributed by atoms with E-state index in [1.54, 1.807) is 4.90 Å². The summed E-state index contributed by atoms with van der Waals surface area (Å²) in [6.45, 7) is 5.15. The van der Waals surface area contributed by atoms with Gasteiger partial charge in [0.25, 0.3) is 0 Å². The lowest BCUT2D eigenvalue weighted by Gasteiger charge is -2.38. The summed E-state index contributed by atoms with van der Waals surface area (Å²) in [5, 5.41) is 2.84. The molecule has 2 amide bonds. The highest BCUT2D eigenvalue weighted by Gasteiger charge is 2.36. The van der Waals surface area contributed by atoms with Crippen LogP contribution in [0.2, 0.25) is 0 Å². The van der Waals surface area contributed by atoms with Gasteiger partial charge in [-0.15, -0.1) is 12.4 Å². The molecule has 2 rings (SSSR count). The molecular formula is C14H26ClN3O2. The molecule has 1 aliphatic heterocycles. The van der Waals surface area contributed by atoms with Crippen molar-refractivity contribution in [3.8, 4) is 0 Å². The Balaban J connectivity index is 0.00000200. The van der Waals surface area contributed by atoms with Crippen LogP contribution >= 0.6 is 12.4 Å². The highest BCUT2D eigenvalue weighted by molar-refractivity contribution is 5.89. The van der Waals surface area contributed by atoms with Crippen LogP contribution in [0.4, 0.5) is 0 Å². The number of nitrogens with two attached hydrogens (primary N) is 1. The van der Waals surface area contributed by atoms with E-state index in [0.717, 1.165) is 19.3 Å². The van der Waals surface area contributed by atoms with Gasteiger partial charge in [-0.2, -0.15) is 0 Å². The quantitative estimate of drug-likeness (QED) is 0.814. The fourth-order valence-corrected chi connectivity index (χ4v) is 3.29. The van der Waals surface area contributed by atoms with Gasteiger partial charge in [-0.3, -0.25) is 9.59 Å². The van der Waals surface area contributed by atoms with Crippen LogP contribution in [-0.2, 0) is 9.59 Å². The van der Waals surface area contributed by atoms with Crippen molar-refractivity contribution >= 4 is 24.2 Å². The second-order valence-electron chi connectivity index (χ2n) is 6.13. The van der Waals surface area contributed by atoms with Gasteiger partial charge in [0.15, 0.2) is 0 Å². The van der Waals surface area contributed by atoms with E-state index < -0.39 is 0 Å². The molecule has 1 aliphatic carbocycles. The van der Waals surface area contributed by atoms with Crippen LogP contribution in [0.5, 0.6) is 0 Å². The van der Waals surface area contributed by atoms with Gasteiger partial charge in [-0.1, -0.05) is 20.3 Å². The van der Waals surface area contributed by atoms with Crippen molar-refractivity contribution < 1.29 is 9.59 Å². The van der Waals surface area contributed by atoms with E-state index in [2.05, 4.69) is 5.32 Å². The molecule has 0 aromatic carbocycles. The Morgan fingerprint density at radius 1 is 1.45 bits per heavy atom. The predicted molar refractivity (Wildman–Crippen MR) is 80.5 cm³/mol. The number of carbonyl (C=O) groups is 2. The van der Waals surface area contributed by atoms with E-state index in [1.165, 1.54) is 0 Å². The van der Waals surface area contributed by atoms with Crippen molar-refractivity contribution in [2.45, 2.75) is 51.6 Å². The normalized spacial score (nSPS) is 30.1. The second-order valence-corrected chi connectivity index (χ2v) is 6.13. The summed E-state index contributed by atoms with van der Waals surface area (Å²) in [4.78, 5) is 26.1. The molecule has 2 fully saturated rings. The van der Waals surface area contributed by atoms with Crippen molar-refractivity contribution in [2.75, 3.05) is 13.1 Å². The van der Waals surface area contributed by atoms with Gasteiger partial charge in [0.1, 0.15) is 6.04 Å². The lowest BCUT2D eigenvalue weighted by atomic mass is 9.95. The molecule has 0 aromatic heterocycles. The minimum Gasteiger partial charge on any atom is -0.353 e. The first-order valence-electron chi connectivity index (χ1n) is 7.33. The third-order valence-electron chi connectivity index (χ3n) is 4.36. The molecule has 1 unspecified atom stereocenters. The summed E-state index contributed by atoms with van der Waals surface area (Å²) in [6.07, 6.45) is 3.68. The molecule has 0 spiro atoms. The number of hydrogen-bond donors (Lipinski definition) is 2. The first kappa shape index (κ1) is 17.2. The molecule has 3 atom stereocenters. The molecule has 20 heavy (non-hydrogen) atoms. The number of amides is 2. The van der Waals surface area contributed by atoms with Crippen molar-refractivity contribution in [3.63, 3.8) is 0 Å². The molecule has 5 nitrogen and oxygen atoms in total. The average molecular weight is 304 g/mol. The van der Waals surface area contributed by atoms with Crippen molar-refractivity contribution in [1.82, 2.24) is 10.2 Å². The predicted octanol–water partition coefficient (Wildman–Crippen LogP) is 0.909. The smallest absolute Gasteiger partial charge is 0.243 e.